The number of aromatic nitrogens is 2. The average molecular weight is 516 g/mol. The van der Waals surface area contributed by atoms with Crippen LogP contribution in [0.2, 0.25) is 0 Å². The second kappa shape index (κ2) is 8.62. The summed E-state index contributed by atoms with van der Waals surface area (Å²) < 4.78 is 43.0. The van der Waals surface area contributed by atoms with E-state index in [1.165, 1.54) is 29.7 Å². The first-order valence-corrected chi connectivity index (χ1v) is 14.4. The van der Waals surface area contributed by atoms with Crippen molar-refractivity contribution in [3.8, 4) is 0 Å². The van der Waals surface area contributed by atoms with Crippen molar-refractivity contribution in [2.45, 2.75) is 55.6 Å². The molecule has 7 rings (SSSR count). The largest absolute Gasteiger partial charge is 0.371 e. The number of hydrogen-bond donors (Lipinski definition) is 1. The van der Waals surface area contributed by atoms with Gasteiger partial charge in [0.2, 0.25) is 5.95 Å². The first-order chi connectivity index (χ1) is 17.5. The summed E-state index contributed by atoms with van der Waals surface area (Å²) in [6.07, 6.45) is 5.46. The van der Waals surface area contributed by atoms with Gasteiger partial charge in [0.1, 0.15) is 10.7 Å². The summed E-state index contributed by atoms with van der Waals surface area (Å²) in [6.45, 7) is 0.973. The summed E-state index contributed by atoms with van der Waals surface area (Å²) >= 11 is 0. The summed E-state index contributed by atoms with van der Waals surface area (Å²) in [4.78, 5) is 15.1. The van der Waals surface area contributed by atoms with Gasteiger partial charge in [0.05, 0.1) is 28.6 Å². The van der Waals surface area contributed by atoms with E-state index in [-0.39, 0.29) is 6.61 Å². The maximum Gasteiger partial charge on any atom is 0.345 e. The van der Waals surface area contributed by atoms with Crippen LogP contribution in [-0.4, -0.2) is 64.9 Å². The molecule has 1 aromatic carbocycles. The first-order valence-electron chi connectivity index (χ1n) is 13.1. The molecule has 2 saturated heterocycles. The van der Waals surface area contributed by atoms with Crippen LogP contribution in [0.1, 0.15) is 36.1 Å². The van der Waals surface area contributed by atoms with Crippen molar-refractivity contribution in [2.24, 2.45) is 11.8 Å². The minimum absolute atomic E-state index is 0.0855. The van der Waals surface area contributed by atoms with Crippen molar-refractivity contribution in [3.05, 3.63) is 35.0 Å². The maximum absolute atomic E-state index is 12.8. The van der Waals surface area contributed by atoms with Crippen LogP contribution in [0.25, 0.3) is 0 Å². The van der Waals surface area contributed by atoms with Gasteiger partial charge < -0.3 is 19.9 Å². The second-order valence-corrected chi connectivity index (χ2v) is 12.6. The number of ether oxygens (including phenoxy) is 1. The Bertz CT molecular complexity index is 1210. The molecule has 3 aliphatic heterocycles. The number of hydrogen-bond acceptors (Lipinski definition) is 7. The topological polar surface area (TPSA) is 70.6 Å². The highest BCUT2D eigenvalue weighted by molar-refractivity contribution is 7.85. The first kappa shape index (κ1) is 22.8. The quantitative estimate of drug-likeness (QED) is 0.606. The van der Waals surface area contributed by atoms with E-state index in [2.05, 4.69) is 38.1 Å². The van der Waals surface area contributed by atoms with Gasteiger partial charge in [-0.05, 0) is 55.4 Å². The molecule has 1 N–H and O–H groups in total. The molecule has 192 valence electrons. The summed E-state index contributed by atoms with van der Waals surface area (Å²) in [7, 11) is -1.18. The molecule has 36 heavy (non-hydrogen) atoms. The van der Waals surface area contributed by atoms with E-state index in [9.17, 15) is 13.0 Å². The molecular weight excluding hydrogens is 484 g/mol. The van der Waals surface area contributed by atoms with Gasteiger partial charge in [-0.1, -0.05) is 6.07 Å². The van der Waals surface area contributed by atoms with Crippen molar-refractivity contribution in [1.82, 2.24) is 9.97 Å². The third-order valence-electron chi connectivity index (χ3n) is 8.84. The third-order valence-corrected chi connectivity index (χ3v) is 10.3. The van der Waals surface area contributed by atoms with Crippen LogP contribution in [-0.2, 0) is 34.8 Å². The highest BCUT2D eigenvalue weighted by atomic mass is 32.2. The van der Waals surface area contributed by atoms with Crippen LogP contribution >= 0.6 is 0 Å². The average Bonchev–Trinajstić information content (AvgIpc) is 3.49. The standard InChI is InChI=1S/C26H31F2N5O2S/c27-24(28)35-15-26(7-1-8-26)31-23-22-21(6-9-36(22)34)29-25(30-23)33-13-18-11-32(12-19(18)14-33)20-5-4-16-2-3-17(16)10-20/h4-5,10,18-19,24H,1-3,6-9,11-15H2,(H,29,30,31)/t18-,19+,36-/m1/s1. The molecule has 0 amide bonds. The van der Waals surface area contributed by atoms with Gasteiger partial charge >= 0.3 is 6.61 Å². The zero-order valence-corrected chi connectivity index (χ0v) is 21.0. The van der Waals surface area contributed by atoms with Crippen LogP contribution in [0.4, 0.5) is 26.2 Å². The molecule has 3 fully saturated rings. The van der Waals surface area contributed by atoms with Crippen LogP contribution in [0, 0.1) is 11.8 Å². The number of nitrogens with zero attached hydrogens (tertiary/aromatic N) is 4. The van der Waals surface area contributed by atoms with Gasteiger partial charge in [0.25, 0.3) is 0 Å². The molecule has 0 bridgehead atoms. The molecule has 3 atom stereocenters. The van der Waals surface area contributed by atoms with Gasteiger partial charge in [-0.15, -0.1) is 0 Å². The number of aryl methyl sites for hydroxylation is 3. The van der Waals surface area contributed by atoms with Crippen LogP contribution in [0.15, 0.2) is 23.1 Å². The van der Waals surface area contributed by atoms with E-state index in [0.717, 1.165) is 51.1 Å². The van der Waals surface area contributed by atoms with Crippen LogP contribution in [0.5, 0.6) is 0 Å². The van der Waals surface area contributed by atoms with Crippen LogP contribution < -0.4 is 15.1 Å². The minimum Gasteiger partial charge on any atom is -0.371 e. The molecule has 0 radical (unpaired) electrons. The fourth-order valence-electron chi connectivity index (χ4n) is 6.54. The smallest absolute Gasteiger partial charge is 0.345 e. The highest BCUT2D eigenvalue weighted by Crippen LogP contribution is 2.41. The number of halogens is 2. The number of nitrogens with one attached hydrogen (secondary N) is 1. The highest BCUT2D eigenvalue weighted by Gasteiger charge is 2.43. The van der Waals surface area contributed by atoms with Crippen molar-refractivity contribution in [3.63, 3.8) is 0 Å². The molecule has 1 aromatic heterocycles. The van der Waals surface area contributed by atoms with Gasteiger partial charge in [-0.3, -0.25) is 4.21 Å². The van der Waals surface area contributed by atoms with E-state index in [1.54, 1.807) is 0 Å². The number of fused-ring (bicyclic) bond motifs is 3. The maximum atomic E-state index is 12.8. The Morgan fingerprint density at radius 3 is 2.44 bits per heavy atom. The lowest BCUT2D eigenvalue weighted by Crippen LogP contribution is -2.50. The Balaban J connectivity index is 1.10. The van der Waals surface area contributed by atoms with Crippen molar-refractivity contribution in [1.29, 1.82) is 0 Å². The fraction of sp³-hybridized carbons (Fsp3) is 0.615. The molecule has 1 saturated carbocycles. The lowest BCUT2D eigenvalue weighted by molar-refractivity contribution is -0.145. The third kappa shape index (κ3) is 3.88. The van der Waals surface area contributed by atoms with Crippen molar-refractivity contribution >= 4 is 28.3 Å². The van der Waals surface area contributed by atoms with E-state index >= 15 is 0 Å². The van der Waals surface area contributed by atoms with Gasteiger partial charge in [0, 0.05) is 55.9 Å². The predicted octanol–water partition coefficient (Wildman–Crippen LogP) is 3.39. The van der Waals surface area contributed by atoms with E-state index < -0.39 is 22.9 Å². The zero-order valence-electron chi connectivity index (χ0n) is 20.2. The Hall–Kier alpha value is -2.33. The lowest BCUT2D eigenvalue weighted by atomic mass is 9.77. The Labute approximate surface area is 212 Å². The van der Waals surface area contributed by atoms with Crippen LogP contribution in [0.3, 0.4) is 0 Å². The molecule has 0 unspecified atom stereocenters. The van der Waals surface area contributed by atoms with E-state index in [0.29, 0.717) is 40.7 Å². The normalized spacial score (nSPS) is 27.5. The molecule has 10 heteroatoms. The van der Waals surface area contributed by atoms with E-state index in [1.807, 2.05) is 0 Å². The Morgan fingerprint density at radius 1 is 1.06 bits per heavy atom. The zero-order chi connectivity index (χ0) is 24.4. The Morgan fingerprint density at radius 2 is 1.81 bits per heavy atom. The number of alkyl halides is 2. The van der Waals surface area contributed by atoms with Gasteiger partial charge in [0.15, 0.2) is 0 Å². The van der Waals surface area contributed by atoms with Gasteiger partial charge in [-0.25, -0.2) is 4.98 Å². The molecule has 0 spiro atoms. The van der Waals surface area contributed by atoms with E-state index in [4.69, 9.17) is 9.97 Å². The minimum atomic E-state index is -2.80. The number of rotatable bonds is 7. The fourth-order valence-corrected chi connectivity index (χ4v) is 7.84. The second-order valence-electron chi connectivity index (χ2n) is 11.1. The van der Waals surface area contributed by atoms with Gasteiger partial charge in [-0.2, -0.15) is 13.8 Å². The summed E-state index contributed by atoms with van der Waals surface area (Å²) in [5.41, 5.74) is 4.58. The molecule has 5 aliphatic rings. The summed E-state index contributed by atoms with van der Waals surface area (Å²) in [6, 6.07) is 6.92. The molecule has 2 aliphatic carbocycles. The number of anilines is 3. The lowest BCUT2D eigenvalue weighted by Gasteiger charge is -2.42. The predicted molar refractivity (Wildman–Crippen MR) is 134 cm³/mol. The molecular formula is C26H31F2N5O2S. The number of benzene rings is 1. The summed E-state index contributed by atoms with van der Waals surface area (Å²) in [5, 5.41) is 3.40. The van der Waals surface area contributed by atoms with Crippen molar-refractivity contribution < 1.29 is 17.7 Å². The molecule has 2 aromatic rings. The monoisotopic (exact) mass is 515 g/mol. The summed E-state index contributed by atoms with van der Waals surface area (Å²) in [5.74, 6) is 2.85. The molecule has 4 heterocycles. The van der Waals surface area contributed by atoms with Crippen molar-refractivity contribution in [2.75, 3.05) is 53.7 Å². The Kier molecular flexibility index (Phi) is 5.47. The molecule has 7 nitrogen and oxygen atoms in total. The SMILES string of the molecule is O=[S@@]1CCc2nc(N3C[C@H]4CN(c5ccc6c(c5)CC6)C[C@H]4C3)nc(NC3(COC(F)F)CCC3)c21.